The van der Waals surface area contributed by atoms with Gasteiger partial charge in [-0.25, -0.2) is 0 Å². The number of hydrogen-bond acceptors (Lipinski definition) is 3. The highest BCUT2D eigenvalue weighted by Gasteiger charge is 2.28. The number of carbonyl (C=O) groups is 1. The Morgan fingerprint density at radius 3 is 2.52 bits per heavy atom. The molecule has 1 atom stereocenters. The maximum atomic E-state index is 12.2. The van der Waals surface area contributed by atoms with E-state index in [2.05, 4.69) is 17.1 Å². The van der Waals surface area contributed by atoms with Gasteiger partial charge in [0, 0.05) is 19.1 Å². The van der Waals surface area contributed by atoms with Crippen LogP contribution in [0, 0.1) is 0 Å². The average molecular weight is 290 g/mol. The Labute approximate surface area is 127 Å². The van der Waals surface area contributed by atoms with Gasteiger partial charge >= 0.3 is 0 Å². The molecule has 1 aliphatic rings. The third kappa shape index (κ3) is 4.55. The highest BCUT2D eigenvalue weighted by molar-refractivity contribution is 5.77. The number of rotatable bonds is 5. The molecule has 0 radical (unpaired) electrons. The van der Waals surface area contributed by atoms with Gasteiger partial charge in [0.1, 0.15) is 0 Å². The number of aliphatic hydroxyl groups is 1. The van der Waals surface area contributed by atoms with Crippen LogP contribution in [-0.2, 0) is 10.4 Å². The fourth-order valence-electron chi connectivity index (χ4n) is 2.88. The number of nitrogens with zero attached hydrogens (tertiary/aromatic N) is 1. The number of nitrogens with one attached hydrogen (secondary N) is 1. The fraction of sp³-hybridized carbons (Fsp3) is 0.588. The van der Waals surface area contributed by atoms with Crippen LogP contribution in [0.3, 0.4) is 0 Å². The second kappa shape index (κ2) is 7.05. The number of amides is 1. The van der Waals surface area contributed by atoms with Gasteiger partial charge in [-0.15, -0.1) is 0 Å². The van der Waals surface area contributed by atoms with E-state index in [1.807, 2.05) is 30.3 Å². The summed E-state index contributed by atoms with van der Waals surface area (Å²) < 4.78 is 0. The summed E-state index contributed by atoms with van der Waals surface area (Å²) in [5.41, 5.74) is -0.337. The number of hydrogen-bond donors (Lipinski definition) is 2. The third-order valence-corrected chi connectivity index (χ3v) is 4.30. The molecule has 0 aromatic heterocycles. The maximum absolute atomic E-state index is 12.2. The Morgan fingerprint density at radius 1 is 1.33 bits per heavy atom. The van der Waals surface area contributed by atoms with E-state index in [9.17, 15) is 9.90 Å². The SMILES string of the molecule is CCN1CCC(NC(=O)CC(C)(O)c2ccccc2)CC1. The van der Waals surface area contributed by atoms with E-state index in [0.29, 0.717) is 0 Å². The van der Waals surface area contributed by atoms with E-state index in [4.69, 9.17) is 0 Å². The quantitative estimate of drug-likeness (QED) is 0.870. The van der Waals surface area contributed by atoms with Crippen molar-refractivity contribution in [2.45, 2.75) is 44.8 Å². The van der Waals surface area contributed by atoms with E-state index in [1.165, 1.54) is 0 Å². The second-order valence-corrected chi connectivity index (χ2v) is 6.09. The summed E-state index contributed by atoms with van der Waals surface area (Å²) in [6.45, 7) is 7.01. The van der Waals surface area contributed by atoms with Crippen LogP contribution in [0.4, 0.5) is 0 Å². The van der Waals surface area contributed by atoms with Crippen molar-refractivity contribution in [2.24, 2.45) is 0 Å². The molecule has 0 saturated carbocycles. The summed E-state index contributed by atoms with van der Waals surface area (Å²) in [6.07, 6.45) is 2.09. The molecule has 21 heavy (non-hydrogen) atoms. The molecule has 2 rings (SSSR count). The highest BCUT2D eigenvalue weighted by Crippen LogP contribution is 2.24. The lowest BCUT2D eigenvalue weighted by Crippen LogP contribution is -2.45. The molecule has 116 valence electrons. The van der Waals surface area contributed by atoms with Crippen LogP contribution in [0.25, 0.3) is 0 Å². The Kier molecular flexibility index (Phi) is 5.37. The Hall–Kier alpha value is -1.39. The van der Waals surface area contributed by atoms with Crippen LogP contribution in [0.15, 0.2) is 30.3 Å². The molecule has 0 aliphatic carbocycles. The second-order valence-electron chi connectivity index (χ2n) is 6.09. The number of carbonyl (C=O) groups excluding carboxylic acids is 1. The molecule has 0 spiro atoms. The van der Waals surface area contributed by atoms with E-state index >= 15 is 0 Å². The van der Waals surface area contributed by atoms with Crippen molar-refractivity contribution < 1.29 is 9.90 Å². The van der Waals surface area contributed by atoms with Gasteiger partial charge in [-0.3, -0.25) is 4.79 Å². The summed E-state index contributed by atoms with van der Waals surface area (Å²) in [5.74, 6) is -0.0706. The first-order chi connectivity index (χ1) is 10.0. The van der Waals surface area contributed by atoms with Crippen LogP contribution in [0.1, 0.15) is 38.7 Å². The van der Waals surface area contributed by atoms with Crippen LogP contribution in [0.2, 0.25) is 0 Å². The summed E-state index contributed by atoms with van der Waals surface area (Å²) in [7, 11) is 0. The topological polar surface area (TPSA) is 52.6 Å². The molecule has 1 fully saturated rings. The van der Waals surface area contributed by atoms with Crippen molar-refractivity contribution in [2.75, 3.05) is 19.6 Å². The maximum Gasteiger partial charge on any atom is 0.223 e. The van der Waals surface area contributed by atoms with E-state index < -0.39 is 5.60 Å². The zero-order chi connectivity index (χ0) is 15.3. The molecule has 2 N–H and O–H groups in total. The van der Waals surface area contributed by atoms with Gasteiger partial charge in [0.25, 0.3) is 0 Å². The van der Waals surface area contributed by atoms with Gasteiger partial charge in [0.05, 0.1) is 12.0 Å². The van der Waals surface area contributed by atoms with Crippen molar-refractivity contribution in [3.05, 3.63) is 35.9 Å². The van der Waals surface area contributed by atoms with Crippen molar-refractivity contribution in [3.63, 3.8) is 0 Å². The molecule has 1 saturated heterocycles. The highest BCUT2D eigenvalue weighted by atomic mass is 16.3. The molecule has 0 bridgehead atoms. The lowest BCUT2D eigenvalue weighted by atomic mass is 9.92. The minimum Gasteiger partial charge on any atom is -0.385 e. The van der Waals surface area contributed by atoms with Gasteiger partial charge < -0.3 is 15.3 Å². The normalized spacial score (nSPS) is 20.0. The van der Waals surface area contributed by atoms with Gasteiger partial charge in [0.15, 0.2) is 0 Å². The van der Waals surface area contributed by atoms with E-state index in [-0.39, 0.29) is 18.4 Å². The predicted molar refractivity (Wildman–Crippen MR) is 83.9 cm³/mol. The first-order valence-corrected chi connectivity index (χ1v) is 7.81. The molecular formula is C17H26N2O2. The zero-order valence-electron chi connectivity index (χ0n) is 13.0. The van der Waals surface area contributed by atoms with Crippen LogP contribution < -0.4 is 5.32 Å². The van der Waals surface area contributed by atoms with Crippen molar-refractivity contribution in [1.82, 2.24) is 10.2 Å². The van der Waals surface area contributed by atoms with E-state index in [1.54, 1.807) is 6.92 Å². The molecule has 1 aliphatic heterocycles. The largest absolute Gasteiger partial charge is 0.385 e. The average Bonchev–Trinajstić information content (AvgIpc) is 2.48. The first kappa shape index (κ1) is 16.0. The third-order valence-electron chi connectivity index (χ3n) is 4.30. The minimum atomic E-state index is -1.12. The predicted octanol–water partition coefficient (Wildman–Crippen LogP) is 1.88. The monoisotopic (exact) mass is 290 g/mol. The molecule has 1 unspecified atom stereocenters. The number of benzene rings is 1. The van der Waals surface area contributed by atoms with E-state index in [0.717, 1.165) is 38.0 Å². The first-order valence-electron chi connectivity index (χ1n) is 7.81. The Morgan fingerprint density at radius 2 is 1.95 bits per heavy atom. The molecule has 1 heterocycles. The number of likely N-dealkylation sites (tertiary alicyclic amines) is 1. The molecule has 4 heteroatoms. The number of piperidine rings is 1. The van der Waals surface area contributed by atoms with Crippen LogP contribution in [0.5, 0.6) is 0 Å². The van der Waals surface area contributed by atoms with Gasteiger partial charge in [-0.05, 0) is 31.9 Å². The Balaban J connectivity index is 1.84. The van der Waals surface area contributed by atoms with Crippen molar-refractivity contribution in [3.8, 4) is 0 Å². The summed E-state index contributed by atoms with van der Waals surface area (Å²) in [5, 5.41) is 13.6. The molecule has 1 aromatic rings. The standard InChI is InChI=1S/C17H26N2O2/c1-3-19-11-9-15(10-12-19)18-16(20)13-17(2,21)14-7-5-4-6-8-14/h4-8,15,21H,3,9-13H2,1-2H3,(H,18,20). The summed E-state index contributed by atoms with van der Waals surface area (Å²) in [4.78, 5) is 14.6. The lowest BCUT2D eigenvalue weighted by molar-refractivity contribution is -0.126. The Bertz CT molecular complexity index is 451. The minimum absolute atomic E-state index is 0.0706. The smallest absolute Gasteiger partial charge is 0.223 e. The van der Waals surface area contributed by atoms with Gasteiger partial charge in [-0.1, -0.05) is 37.3 Å². The summed E-state index contributed by atoms with van der Waals surface area (Å²) >= 11 is 0. The summed E-state index contributed by atoms with van der Waals surface area (Å²) in [6, 6.07) is 9.61. The van der Waals surface area contributed by atoms with Crippen molar-refractivity contribution in [1.29, 1.82) is 0 Å². The molecular weight excluding hydrogens is 264 g/mol. The van der Waals surface area contributed by atoms with Crippen LogP contribution >= 0.6 is 0 Å². The molecule has 4 nitrogen and oxygen atoms in total. The van der Waals surface area contributed by atoms with Crippen LogP contribution in [-0.4, -0.2) is 41.6 Å². The van der Waals surface area contributed by atoms with Gasteiger partial charge in [0.2, 0.25) is 5.91 Å². The fourth-order valence-corrected chi connectivity index (χ4v) is 2.88. The molecule has 1 amide bonds. The van der Waals surface area contributed by atoms with Crippen molar-refractivity contribution >= 4 is 5.91 Å². The zero-order valence-corrected chi connectivity index (χ0v) is 13.0. The van der Waals surface area contributed by atoms with Gasteiger partial charge in [-0.2, -0.15) is 0 Å². The molecule has 1 aromatic carbocycles. The lowest BCUT2D eigenvalue weighted by Gasteiger charge is -2.32.